The Labute approximate surface area is 119 Å². The topological polar surface area (TPSA) is 34.1 Å². The van der Waals surface area contributed by atoms with Crippen LogP contribution in [0.3, 0.4) is 0 Å². The zero-order valence-electron chi connectivity index (χ0n) is 10.4. The van der Waals surface area contributed by atoms with Crippen molar-refractivity contribution in [2.75, 3.05) is 7.05 Å². The number of aryl methyl sites for hydroxylation is 1. The van der Waals surface area contributed by atoms with E-state index in [1.807, 2.05) is 31.5 Å². The van der Waals surface area contributed by atoms with Crippen LogP contribution in [0.25, 0.3) is 0 Å². The van der Waals surface area contributed by atoms with E-state index in [-0.39, 0.29) is 0 Å². The zero-order valence-corrected chi connectivity index (χ0v) is 12.8. The predicted octanol–water partition coefficient (Wildman–Crippen LogP) is 3.51. The van der Waals surface area contributed by atoms with Gasteiger partial charge < -0.3 is 10.1 Å². The molecule has 1 aromatic heterocycles. The lowest BCUT2D eigenvalue weighted by atomic mass is 10.2. The van der Waals surface area contributed by atoms with Crippen molar-refractivity contribution in [2.24, 2.45) is 0 Å². The van der Waals surface area contributed by atoms with Gasteiger partial charge in [-0.15, -0.1) is 11.3 Å². The molecular formula is C13H15BrN2OS. The normalized spacial score (nSPS) is 10.6. The van der Waals surface area contributed by atoms with Gasteiger partial charge in [0, 0.05) is 23.2 Å². The third-order valence-corrected chi connectivity index (χ3v) is 3.99. The molecule has 1 aromatic carbocycles. The Balaban J connectivity index is 2.12. The van der Waals surface area contributed by atoms with Gasteiger partial charge in [0.15, 0.2) is 0 Å². The van der Waals surface area contributed by atoms with E-state index in [0.29, 0.717) is 6.61 Å². The van der Waals surface area contributed by atoms with E-state index in [4.69, 9.17) is 4.74 Å². The van der Waals surface area contributed by atoms with Gasteiger partial charge in [0.25, 0.3) is 0 Å². The van der Waals surface area contributed by atoms with Crippen LogP contribution in [0, 0.1) is 6.92 Å². The van der Waals surface area contributed by atoms with Crippen LogP contribution >= 0.6 is 27.3 Å². The molecule has 0 aliphatic rings. The number of aromatic nitrogens is 1. The van der Waals surface area contributed by atoms with Crippen LogP contribution in [-0.4, -0.2) is 12.0 Å². The summed E-state index contributed by atoms with van der Waals surface area (Å²) in [5.41, 5.74) is 2.18. The predicted molar refractivity (Wildman–Crippen MR) is 78.1 cm³/mol. The first kappa shape index (κ1) is 13.5. The molecule has 2 aromatic rings. The quantitative estimate of drug-likeness (QED) is 0.912. The lowest BCUT2D eigenvalue weighted by molar-refractivity contribution is 0.299. The fraction of sp³-hybridized carbons (Fsp3) is 0.308. The highest BCUT2D eigenvalue weighted by atomic mass is 79.9. The largest absolute Gasteiger partial charge is 0.485 e. The second-order valence-electron chi connectivity index (χ2n) is 3.93. The Morgan fingerprint density at radius 1 is 1.44 bits per heavy atom. The number of nitrogens with one attached hydrogen (secondary N) is 1. The van der Waals surface area contributed by atoms with Crippen LogP contribution in [-0.2, 0) is 13.2 Å². The molecule has 0 bridgehead atoms. The number of benzene rings is 1. The average Bonchev–Trinajstić information content (AvgIpc) is 2.75. The average molecular weight is 327 g/mol. The van der Waals surface area contributed by atoms with Gasteiger partial charge in [-0.3, -0.25) is 0 Å². The van der Waals surface area contributed by atoms with Crippen molar-refractivity contribution in [3.8, 4) is 5.75 Å². The van der Waals surface area contributed by atoms with E-state index in [2.05, 4.69) is 32.3 Å². The minimum Gasteiger partial charge on any atom is -0.485 e. The third kappa shape index (κ3) is 3.31. The number of rotatable bonds is 5. The van der Waals surface area contributed by atoms with Crippen molar-refractivity contribution >= 4 is 27.3 Å². The van der Waals surface area contributed by atoms with Crippen LogP contribution in [0.2, 0.25) is 0 Å². The molecule has 18 heavy (non-hydrogen) atoms. The van der Waals surface area contributed by atoms with Gasteiger partial charge in [-0.05, 0) is 36.0 Å². The maximum Gasteiger partial charge on any atom is 0.140 e. The van der Waals surface area contributed by atoms with Crippen molar-refractivity contribution in [3.63, 3.8) is 0 Å². The highest BCUT2D eigenvalue weighted by Gasteiger charge is 2.08. The zero-order chi connectivity index (χ0) is 13.0. The molecule has 0 saturated carbocycles. The fourth-order valence-electron chi connectivity index (χ4n) is 1.65. The molecule has 0 aliphatic carbocycles. The fourth-order valence-corrected chi connectivity index (χ4v) is 2.85. The molecule has 3 nitrogen and oxygen atoms in total. The van der Waals surface area contributed by atoms with Crippen molar-refractivity contribution in [1.29, 1.82) is 0 Å². The molecule has 2 rings (SSSR count). The lowest BCUT2D eigenvalue weighted by Gasteiger charge is -2.12. The van der Waals surface area contributed by atoms with Gasteiger partial charge in [-0.1, -0.05) is 12.1 Å². The smallest absolute Gasteiger partial charge is 0.140 e. The lowest BCUT2D eigenvalue weighted by Crippen LogP contribution is -2.08. The molecule has 0 fully saturated rings. The van der Waals surface area contributed by atoms with E-state index in [0.717, 1.165) is 33.0 Å². The first-order valence-corrected chi connectivity index (χ1v) is 7.33. The van der Waals surface area contributed by atoms with E-state index >= 15 is 0 Å². The van der Waals surface area contributed by atoms with Gasteiger partial charge in [0.2, 0.25) is 0 Å². The molecule has 0 unspecified atom stereocenters. The number of hydrogen-bond acceptors (Lipinski definition) is 4. The van der Waals surface area contributed by atoms with E-state index < -0.39 is 0 Å². The summed E-state index contributed by atoms with van der Waals surface area (Å²) < 4.78 is 6.86. The minimum absolute atomic E-state index is 0.512. The van der Waals surface area contributed by atoms with Crippen molar-refractivity contribution in [1.82, 2.24) is 10.3 Å². The molecule has 0 atom stereocenters. The summed E-state index contributed by atoms with van der Waals surface area (Å²) in [5, 5.41) is 6.17. The van der Waals surface area contributed by atoms with E-state index in [1.54, 1.807) is 11.3 Å². The highest BCUT2D eigenvalue weighted by molar-refractivity contribution is 9.10. The second kappa shape index (κ2) is 6.31. The molecule has 0 radical (unpaired) electrons. The Kier molecular flexibility index (Phi) is 4.74. The number of para-hydroxylation sites is 1. The Hall–Kier alpha value is -0.910. The summed E-state index contributed by atoms with van der Waals surface area (Å²) in [6, 6.07) is 6.06. The number of ether oxygens (including phenoxy) is 1. The Morgan fingerprint density at radius 3 is 2.94 bits per heavy atom. The number of thiazole rings is 1. The van der Waals surface area contributed by atoms with Crippen LogP contribution in [0.15, 0.2) is 28.1 Å². The van der Waals surface area contributed by atoms with Gasteiger partial charge in [-0.2, -0.15) is 0 Å². The van der Waals surface area contributed by atoms with Crippen molar-refractivity contribution in [2.45, 2.75) is 20.1 Å². The summed E-state index contributed by atoms with van der Waals surface area (Å²) in [6.07, 6.45) is 0. The summed E-state index contributed by atoms with van der Waals surface area (Å²) >= 11 is 5.15. The van der Waals surface area contributed by atoms with Gasteiger partial charge in [-0.25, -0.2) is 4.98 Å². The van der Waals surface area contributed by atoms with Gasteiger partial charge in [0.1, 0.15) is 17.4 Å². The van der Waals surface area contributed by atoms with Crippen LogP contribution in [0.1, 0.15) is 16.3 Å². The minimum atomic E-state index is 0.512. The van der Waals surface area contributed by atoms with Gasteiger partial charge in [0.05, 0.1) is 4.47 Å². The Morgan fingerprint density at radius 2 is 2.28 bits per heavy atom. The molecule has 5 heteroatoms. The molecule has 0 spiro atoms. The molecule has 0 amide bonds. The molecular weight excluding hydrogens is 312 g/mol. The monoisotopic (exact) mass is 326 g/mol. The summed E-state index contributed by atoms with van der Waals surface area (Å²) in [5.74, 6) is 0.889. The summed E-state index contributed by atoms with van der Waals surface area (Å²) in [7, 11) is 1.93. The molecule has 0 aliphatic heterocycles. The maximum atomic E-state index is 5.88. The first-order chi connectivity index (χ1) is 8.70. The molecule has 1 N–H and O–H groups in total. The van der Waals surface area contributed by atoms with Crippen LogP contribution < -0.4 is 10.1 Å². The summed E-state index contributed by atoms with van der Waals surface area (Å²) in [6.45, 7) is 3.29. The summed E-state index contributed by atoms with van der Waals surface area (Å²) in [4.78, 5) is 4.39. The standard InChI is InChI=1S/C13H15BrN2OS/c1-9-8-18-12(16-9)7-17-13-10(6-15-2)4-3-5-11(13)14/h3-5,8,15H,6-7H2,1-2H3. The van der Waals surface area contributed by atoms with Gasteiger partial charge >= 0.3 is 0 Å². The number of nitrogens with zero attached hydrogens (tertiary/aromatic N) is 1. The van der Waals surface area contributed by atoms with Crippen molar-refractivity contribution in [3.05, 3.63) is 44.3 Å². The maximum absolute atomic E-state index is 5.88. The number of halogens is 1. The Bertz CT molecular complexity index is 527. The van der Waals surface area contributed by atoms with Crippen LogP contribution in [0.4, 0.5) is 0 Å². The first-order valence-electron chi connectivity index (χ1n) is 5.66. The van der Waals surface area contributed by atoms with E-state index in [1.165, 1.54) is 0 Å². The van der Waals surface area contributed by atoms with E-state index in [9.17, 15) is 0 Å². The molecule has 0 saturated heterocycles. The van der Waals surface area contributed by atoms with Crippen LogP contribution in [0.5, 0.6) is 5.75 Å². The number of hydrogen-bond donors (Lipinski definition) is 1. The molecule has 96 valence electrons. The highest BCUT2D eigenvalue weighted by Crippen LogP contribution is 2.30. The second-order valence-corrected chi connectivity index (χ2v) is 5.73. The molecule has 1 heterocycles. The third-order valence-electron chi connectivity index (χ3n) is 2.42. The SMILES string of the molecule is CNCc1cccc(Br)c1OCc1nc(C)cs1. The van der Waals surface area contributed by atoms with Crippen molar-refractivity contribution < 1.29 is 4.74 Å².